The SMILES string of the molecule is CC(CCc1ccccc1)NC(=O)c1cnoc1. The van der Waals surface area contributed by atoms with E-state index in [1.807, 2.05) is 25.1 Å². The van der Waals surface area contributed by atoms with Gasteiger partial charge in [0.05, 0.1) is 11.8 Å². The Morgan fingerprint density at radius 3 is 2.83 bits per heavy atom. The molecule has 4 heteroatoms. The molecule has 0 radical (unpaired) electrons. The van der Waals surface area contributed by atoms with E-state index < -0.39 is 0 Å². The maximum atomic E-state index is 11.7. The van der Waals surface area contributed by atoms with E-state index in [9.17, 15) is 4.79 Å². The topological polar surface area (TPSA) is 55.1 Å². The third-order valence-corrected chi connectivity index (χ3v) is 2.78. The predicted octanol–water partition coefficient (Wildman–Crippen LogP) is 2.43. The second kappa shape index (κ2) is 6.00. The number of benzene rings is 1. The molecule has 1 unspecified atom stereocenters. The lowest BCUT2D eigenvalue weighted by Gasteiger charge is -2.12. The molecule has 0 fully saturated rings. The smallest absolute Gasteiger partial charge is 0.256 e. The van der Waals surface area contributed by atoms with Gasteiger partial charge in [-0.3, -0.25) is 4.79 Å². The molecule has 1 N–H and O–H groups in total. The summed E-state index contributed by atoms with van der Waals surface area (Å²) in [5.74, 6) is -0.142. The van der Waals surface area contributed by atoms with Gasteiger partial charge in [-0.1, -0.05) is 35.5 Å². The van der Waals surface area contributed by atoms with E-state index >= 15 is 0 Å². The summed E-state index contributed by atoms with van der Waals surface area (Å²) in [4.78, 5) is 11.7. The summed E-state index contributed by atoms with van der Waals surface area (Å²) in [6, 6.07) is 10.3. The number of amides is 1. The van der Waals surface area contributed by atoms with E-state index in [-0.39, 0.29) is 11.9 Å². The molecule has 0 aliphatic heterocycles. The molecule has 1 aromatic heterocycles. The maximum Gasteiger partial charge on any atom is 0.256 e. The van der Waals surface area contributed by atoms with E-state index in [1.165, 1.54) is 18.0 Å². The van der Waals surface area contributed by atoms with Crippen LogP contribution in [0.3, 0.4) is 0 Å². The van der Waals surface area contributed by atoms with Gasteiger partial charge in [-0.05, 0) is 25.3 Å². The van der Waals surface area contributed by atoms with Gasteiger partial charge in [0.2, 0.25) is 0 Å². The first kappa shape index (κ1) is 12.4. The molecule has 94 valence electrons. The van der Waals surface area contributed by atoms with Crippen LogP contribution in [0.2, 0.25) is 0 Å². The van der Waals surface area contributed by atoms with Gasteiger partial charge in [-0.15, -0.1) is 0 Å². The van der Waals surface area contributed by atoms with Crippen molar-refractivity contribution >= 4 is 5.91 Å². The number of carbonyl (C=O) groups is 1. The average molecular weight is 244 g/mol. The molecular weight excluding hydrogens is 228 g/mol. The fraction of sp³-hybridized carbons (Fsp3) is 0.286. The van der Waals surface area contributed by atoms with E-state index in [4.69, 9.17) is 0 Å². The van der Waals surface area contributed by atoms with Crippen LogP contribution < -0.4 is 5.32 Å². The summed E-state index contributed by atoms with van der Waals surface area (Å²) in [6.07, 6.45) is 4.62. The Kier molecular flexibility index (Phi) is 4.12. The summed E-state index contributed by atoms with van der Waals surface area (Å²) in [5.41, 5.74) is 1.74. The number of aromatic nitrogens is 1. The molecule has 4 nitrogen and oxygen atoms in total. The quantitative estimate of drug-likeness (QED) is 0.878. The van der Waals surface area contributed by atoms with Gasteiger partial charge in [-0.2, -0.15) is 0 Å². The molecule has 18 heavy (non-hydrogen) atoms. The molecule has 0 saturated heterocycles. The molecular formula is C14H16N2O2. The number of carbonyl (C=O) groups excluding carboxylic acids is 1. The third-order valence-electron chi connectivity index (χ3n) is 2.78. The van der Waals surface area contributed by atoms with Crippen molar-refractivity contribution in [3.05, 3.63) is 53.9 Å². The fourth-order valence-electron chi connectivity index (χ4n) is 1.72. The van der Waals surface area contributed by atoms with Crippen LogP contribution >= 0.6 is 0 Å². The van der Waals surface area contributed by atoms with Crippen LogP contribution in [0.1, 0.15) is 29.3 Å². The van der Waals surface area contributed by atoms with Crippen molar-refractivity contribution in [1.82, 2.24) is 10.5 Å². The van der Waals surface area contributed by atoms with Crippen molar-refractivity contribution in [2.24, 2.45) is 0 Å². The zero-order chi connectivity index (χ0) is 12.8. The highest BCUT2D eigenvalue weighted by Crippen LogP contribution is 2.05. The van der Waals surface area contributed by atoms with Gasteiger partial charge < -0.3 is 9.84 Å². The molecule has 0 bridgehead atoms. The molecule has 1 atom stereocenters. The van der Waals surface area contributed by atoms with Crippen molar-refractivity contribution in [3.63, 3.8) is 0 Å². The Bertz CT molecular complexity index is 480. The summed E-state index contributed by atoms with van der Waals surface area (Å²) in [6.45, 7) is 1.99. The first-order chi connectivity index (χ1) is 8.75. The van der Waals surface area contributed by atoms with Crippen molar-refractivity contribution in [1.29, 1.82) is 0 Å². The molecule has 2 aromatic rings. The molecule has 0 spiro atoms. The Labute approximate surface area is 106 Å². The first-order valence-electron chi connectivity index (χ1n) is 6.00. The summed E-state index contributed by atoms with van der Waals surface area (Å²) in [7, 11) is 0. The summed E-state index contributed by atoms with van der Waals surface area (Å²) >= 11 is 0. The number of hydrogen-bond donors (Lipinski definition) is 1. The Morgan fingerprint density at radius 2 is 2.17 bits per heavy atom. The van der Waals surface area contributed by atoms with Crippen LogP contribution in [-0.4, -0.2) is 17.1 Å². The fourth-order valence-corrected chi connectivity index (χ4v) is 1.72. The van der Waals surface area contributed by atoms with Gasteiger partial charge in [0, 0.05) is 6.04 Å². The minimum Gasteiger partial charge on any atom is -0.364 e. The zero-order valence-corrected chi connectivity index (χ0v) is 10.3. The normalized spacial score (nSPS) is 12.1. The highest BCUT2D eigenvalue weighted by Gasteiger charge is 2.11. The lowest BCUT2D eigenvalue weighted by molar-refractivity contribution is 0.0938. The van der Waals surface area contributed by atoms with E-state index in [1.54, 1.807) is 0 Å². The number of aryl methyl sites for hydroxylation is 1. The second-order valence-corrected chi connectivity index (χ2v) is 4.31. The number of nitrogens with zero attached hydrogens (tertiary/aromatic N) is 1. The van der Waals surface area contributed by atoms with Crippen molar-refractivity contribution in [2.75, 3.05) is 0 Å². The van der Waals surface area contributed by atoms with Crippen molar-refractivity contribution in [2.45, 2.75) is 25.8 Å². The predicted molar refractivity (Wildman–Crippen MR) is 68.2 cm³/mol. The minimum atomic E-state index is -0.142. The summed E-state index contributed by atoms with van der Waals surface area (Å²) < 4.78 is 4.64. The van der Waals surface area contributed by atoms with Crippen LogP contribution in [0.15, 0.2) is 47.3 Å². The second-order valence-electron chi connectivity index (χ2n) is 4.31. The van der Waals surface area contributed by atoms with Crippen LogP contribution in [-0.2, 0) is 6.42 Å². The van der Waals surface area contributed by atoms with Gasteiger partial charge in [0.15, 0.2) is 0 Å². The summed E-state index contributed by atoms with van der Waals surface area (Å²) in [5, 5.41) is 6.42. The first-order valence-corrected chi connectivity index (χ1v) is 6.00. The van der Waals surface area contributed by atoms with Crippen LogP contribution in [0, 0.1) is 0 Å². The van der Waals surface area contributed by atoms with Crippen molar-refractivity contribution in [3.8, 4) is 0 Å². The van der Waals surface area contributed by atoms with Crippen molar-refractivity contribution < 1.29 is 9.32 Å². The lowest BCUT2D eigenvalue weighted by atomic mass is 10.1. The molecule has 1 heterocycles. The monoisotopic (exact) mass is 244 g/mol. The van der Waals surface area contributed by atoms with E-state index in [2.05, 4.69) is 27.1 Å². The number of nitrogens with one attached hydrogen (secondary N) is 1. The Morgan fingerprint density at radius 1 is 1.39 bits per heavy atom. The third kappa shape index (κ3) is 3.45. The van der Waals surface area contributed by atoms with E-state index in [0.717, 1.165) is 12.8 Å². The van der Waals surface area contributed by atoms with Crippen LogP contribution in [0.5, 0.6) is 0 Å². The average Bonchev–Trinajstić information content (AvgIpc) is 2.91. The highest BCUT2D eigenvalue weighted by molar-refractivity contribution is 5.93. The molecule has 1 aromatic carbocycles. The van der Waals surface area contributed by atoms with E-state index in [0.29, 0.717) is 5.56 Å². The molecule has 0 saturated carbocycles. The lowest BCUT2D eigenvalue weighted by Crippen LogP contribution is -2.32. The molecule has 2 rings (SSSR count). The largest absolute Gasteiger partial charge is 0.364 e. The maximum absolute atomic E-state index is 11.7. The van der Waals surface area contributed by atoms with Gasteiger partial charge in [0.1, 0.15) is 6.26 Å². The minimum absolute atomic E-state index is 0.118. The number of hydrogen-bond acceptors (Lipinski definition) is 3. The van der Waals surface area contributed by atoms with Gasteiger partial charge in [0.25, 0.3) is 5.91 Å². The zero-order valence-electron chi connectivity index (χ0n) is 10.3. The molecule has 0 aliphatic rings. The Balaban J connectivity index is 1.79. The highest BCUT2D eigenvalue weighted by atomic mass is 16.5. The van der Waals surface area contributed by atoms with Crippen LogP contribution in [0.25, 0.3) is 0 Å². The number of rotatable bonds is 5. The van der Waals surface area contributed by atoms with Crippen LogP contribution in [0.4, 0.5) is 0 Å². The molecule has 1 amide bonds. The standard InChI is InChI=1S/C14H16N2O2/c1-11(7-8-12-5-3-2-4-6-12)16-14(17)13-9-15-18-10-13/h2-6,9-11H,7-8H2,1H3,(H,16,17). The van der Waals surface area contributed by atoms with Gasteiger partial charge >= 0.3 is 0 Å². The van der Waals surface area contributed by atoms with Gasteiger partial charge in [-0.25, -0.2) is 0 Å². The Hall–Kier alpha value is -2.10. The molecule has 0 aliphatic carbocycles.